The standard InChI is InChI=1S/C24H30BN2O5S/c1-27(2)15-18-13-19(6-11-23(18)33(30,31)21-8-9-21)26-24(28)12-5-17-14-20(32-25-29)7-10-22(17)16-3-4-16/h6-7,10-11,13-14,16,21,29H,3-5,8-9,12,15H2,1-2H3,(H,26,28). The van der Waals surface area contributed by atoms with Crippen LogP contribution in [-0.4, -0.2) is 51.3 Å². The van der Waals surface area contributed by atoms with Gasteiger partial charge >= 0.3 is 7.69 Å². The number of hydrogen-bond donors (Lipinski definition) is 2. The van der Waals surface area contributed by atoms with Crippen molar-refractivity contribution in [3.05, 3.63) is 53.1 Å². The van der Waals surface area contributed by atoms with Gasteiger partial charge in [-0.15, -0.1) is 0 Å². The number of benzene rings is 2. The minimum absolute atomic E-state index is 0.134. The summed E-state index contributed by atoms with van der Waals surface area (Å²) < 4.78 is 30.7. The number of nitrogens with zero attached hydrogens (tertiary/aromatic N) is 1. The van der Waals surface area contributed by atoms with Crippen LogP contribution in [0.15, 0.2) is 41.3 Å². The Bertz CT molecular complexity index is 1130. The normalized spacial score (nSPS) is 16.0. The Kier molecular flexibility index (Phi) is 7.12. The molecule has 0 atom stereocenters. The van der Waals surface area contributed by atoms with Crippen LogP contribution in [-0.2, 0) is 27.6 Å². The Hall–Kier alpha value is -2.36. The van der Waals surface area contributed by atoms with E-state index >= 15 is 0 Å². The van der Waals surface area contributed by atoms with E-state index in [1.807, 2.05) is 37.2 Å². The highest BCUT2D eigenvalue weighted by atomic mass is 32.2. The molecule has 0 saturated heterocycles. The number of carbonyl (C=O) groups is 1. The fourth-order valence-corrected chi connectivity index (χ4v) is 6.02. The van der Waals surface area contributed by atoms with Crippen LogP contribution in [0.1, 0.15) is 54.7 Å². The minimum Gasteiger partial charge on any atom is -0.537 e. The lowest BCUT2D eigenvalue weighted by Crippen LogP contribution is -2.18. The van der Waals surface area contributed by atoms with E-state index in [0.717, 1.165) is 18.4 Å². The first-order valence-corrected chi connectivity index (χ1v) is 12.9. The SMILES string of the molecule is CN(C)Cc1cc(NC(=O)CCc2cc(O[B]O)ccc2C2CC2)ccc1S(=O)(=O)C1CC1. The lowest BCUT2D eigenvalue weighted by Gasteiger charge is -2.16. The van der Waals surface area contributed by atoms with E-state index in [1.54, 1.807) is 18.2 Å². The number of sulfone groups is 1. The zero-order chi connectivity index (χ0) is 23.6. The Balaban J connectivity index is 1.46. The van der Waals surface area contributed by atoms with Crippen molar-refractivity contribution < 1.29 is 22.9 Å². The second-order valence-electron chi connectivity index (χ2n) is 9.21. The number of carbonyl (C=O) groups excluding carboxylic acids is 1. The third-order valence-corrected chi connectivity index (χ3v) is 8.40. The zero-order valence-corrected chi connectivity index (χ0v) is 19.9. The van der Waals surface area contributed by atoms with Gasteiger partial charge in [-0.1, -0.05) is 6.07 Å². The zero-order valence-electron chi connectivity index (χ0n) is 19.1. The number of amides is 1. The average Bonchev–Trinajstić information content (AvgIpc) is 3.64. The molecule has 1 radical (unpaired) electrons. The monoisotopic (exact) mass is 469 g/mol. The summed E-state index contributed by atoms with van der Waals surface area (Å²) in [5.74, 6) is 0.938. The lowest BCUT2D eigenvalue weighted by molar-refractivity contribution is -0.116. The molecule has 0 heterocycles. The third-order valence-electron chi connectivity index (χ3n) is 6.04. The summed E-state index contributed by atoms with van der Waals surface area (Å²) in [4.78, 5) is 15.0. The van der Waals surface area contributed by atoms with Gasteiger partial charge in [-0.3, -0.25) is 4.79 Å². The molecule has 7 nitrogen and oxygen atoms in total. The van der Waals surface area contributed by atoms with Crippen molar-refractivity contribution >= 4 is 29.1 Å². The average molecular weight is 469 g/mol. The quantitative estimate of drug-likeness (QED) is 0.492. The van der Waals surface area contributed by atoms with E-state index < -0.39 is 9.84 Å². The summed E-state index contributed by atoms with van der Waals surface area (Å²) in [5.41, 5.74) is 3.58. The topological polar surface area (TPSA) is 95.9 Å². The molecule has 175 valence electrons. The summed E-state index contributed by atoms with van der Waals surface area (Å²) >= 11 is 0. The van der Waals surface area contributed by atoms with Gasteiger partial charge in [0.25, 0.3) is 0 Å². The number of nitrogens with one attached hydrogen (secondary N) is 1. The molecule has 1 amide bonds. The van der Waals surface area contributed by atoms with Crippen LogP contribution < -0.4 is 9.97 Å². The molecule has 0 bridgehead atoms. The molecular weight excluding hydrogens is 439 g/mol. The van der Waals surface area contributed by atoms with Gasteiger partial charge in [0.05, 0.1) is 10.1 Å². The van der Waals surface area contributed by atoms with Gasteiger partial charge in [-0.05, 0) is 99.1 Å². The van der Waals surface area contributed by atoms with Gasteiger partial charge in [0.15, 0.2) is 9.84 Å². The molecular formula is C24H30BN2O5S. The first kappa shape index (κ1) is 23.8. The van der Waals surface area contributed by atoms with E-state index in [9.17, 15) is 13.2 Å². The van der Waals surface area contributed by atoms with Gasteiger partial charge < -0.3 is 19.9 Å². The maximum absolute atomic E-state index is 12.8. The first-order chi connectivity index (χ1) is 15.8. The van der Waals surface area contributed by atoms with Crippen LogP contribution in [0, 0.1) is 0 Å². The number of aryl methyl sites for hydroxylation is 1. The van der Waals surface area contributed by atoms with Crippen LogP contribution in [0.4, 0.5) is 5.69 Å². The van der Waals surface area contributed by atoms with Crippen LogP contribution in [0.3, 0.4) is 0 Å². The van der Waals surface area contributed by atoms with Gasteiger partial charge in [0.1, 0.15) is 5.75 Å². The molecule has 33 heavy (non-hydrogen) atoms. The van der Waals surface area contributed by atoms with Gasteiger partial charge in [-0.25, -0.2) is 8.42 Å². The van der Waals surface area contributed by atoms with Gasteiger partial charge in [-0.2, -0.15) is 0 Å². The van der Waals surface area contributed by atoms with Crippen molar-refractivity contribution in [1.29, 1.82) is 0 Å². The maximum atomic E-state index is 12.8. The second-order valence-corrected chi connectivity index (χ2v) is 11.4. The minimum atomic E-state index is -3.32. The third kappa shape index (κ3) is 5.96. The van der Waals surface area contributed by atoms with E-state index in [-0.39, 0.29) is 17.6 Å². The molecule has 0 unspecified atom stereocenters. The summed E-state index contributed by atoms with van der Waals surface area (Å²) in [5, 5.41) is 11.6. The smallest absolute Gasteiger partial charge is 0.537 e. The van der Waals surface area contributed by atoms with Crippen LogP contribution >= 0.6 is 0 Å². The molecule has 0 aliphatic heterocycles. The molecule has 4 rings (SSSR count). The summed E-state index contributed by atoms with van der Waals surface area (Å²) in [6.45, 7) is 0.477. The molecule has 2 aliphatic carbocycles. The Morgan fingerprint density at radius 1 is 1.12 bits per heavy atom. The molecule has 2 aromatic carbocycles. The number of hydrogen-bond acceptors (Lipinski definition) is 6. The molecule has 2 fully saturated rings. The summed E-state index contributed by atoms with van der Waals surface area (Å²) in [6, 6.07) is 10.8. The van der Waals surface area contributed by atoms with Gasteiger partial charge in [0.2, 0.25) is 5.91 Å². The summed E-state index contributed by atoms with van der Waals surface area (Å²) in [6.07, 6.45) is 4.57. The number of anilines is 1. The molecule has 0 spiro atoms. The largest absolute Gasteiger partial charge is 0.569 e. The summed E-state index contributed by atoms with van der Waals surface area (Å²) in [7, 11) is 1.12. The van der Waals surface area contributed by atoms with Crippen molar-refractivity contribution in [2.24, 2.45) is 0 Å². The fourth-order valence-electron chi connectivity index (χ4n) is 4.15. The molecule has 2 aromatic rings. The van der Waals surface area contributed by atoms with Crippen LogP contribution in [0.5, 0.6) is 5.75 Å². The van der Waals surface area contributed by atoms with E-state index in [0.29, 0.717) is 61.3 Å². The van der Waals surface area contributed by atoms with E-state index in [2.05, 4.69) is 5.32 Å². The molecule has 2 saturated carbocycles. The lowest BCUT2D eigenvalue weighted by atomic mass is 9.98. The second kappa shape index (κ2) is 9.87. The van der Waals surface area contributed by atoms with Crippen molar-refractivity contribution in [3.8, 4) is 5.75 Å². The van der Waals surface area contributed by atoms with Crippen molar-refractivity contribution in [2.75, 3.05) is 19.4 Å². The maximum Gasteiger partial charge on any atom is 0.569 e. The van der Waals surface area contributed by atoms with E-state index in [1.165, 1.54) is 5.56 Å². The Morgan fingerprint density at radius 3 is 2.52 bits per heavy atom. The Labute approximate surface area is 196 Å². The molecule has 0 aromatic heterocycles. The molecule has 2 aliphatic rings. The fraction of sp³-hybridized carbons (Fsp3) is 0.458. The predicted octanol–water partition coefficient (Wildman–Crippen LogP) is 3.04. The van der Waals surface area contributed by atoms with E-state index in [4.69, 9.17) is 9.68 Å². The van der Waals surface area contributed by atoms with Gasteiger partial charge in [0, 0.05) is 18.7 Å². The molecule has 2 N–H and O–H groups in total. The van der Waals surface area contributed by atoms with Crippen molar-refractivity contribution in [2.45, 2.75) is 61.1 Å². The number of rotatable bonds is 11. The molecule has 9 heteroatoms. The highest BCUT2D eigenvalue weighted by molar-refractivity contribution is 7.92. The van der Waals surface area contributed by atoms with Crippen LogP contribution in [0.2, 0.25) is 0 Å². The Morgan fingerprint density at radius 2 is 1.88 bits per heavy atom. The van der Waals surface area contributed by atoms with Crippen LogP contribution in [0.25, 0.3) is 0 Å². The highest BCUT2D eigenvalue weighted by Crippen LogP contribution is 2.42. The highest BCUT2D eigenvalue weighted by Gasteiger charge is 2.38. The van der Waals surface area contributed by atoms with Crippen molar-refractivity contribution in [3.63, 3.8) is 0 Å². The predicted molar refractivity (Wildman–Crippen MR) is 128 cm³/mol. The van der Waals surface area contributed by atoms with Crippen molar-refractivity contribution in [1.82, 2.24) is 4.90 Å². The first-order valence-electron chi connectivity index (χ1n) is 11.3.